The van der Waals surface area contributed by atoms with Crippen LogP contribution in [0.25, 0.3) is 0 Å². The molecule has 37 heavy (non-hydrogen) atoms. The van der Waals surface area contributed by atoms with Crippen molar-refractivity contribution in [1.29, 1.82) is 0 Å². The molecule has 3 rings (SSSR count). The summed E-state index contributed by atoms with van der Waals surface area (Å²) in [6.07, 6.45) is 5.78. The number of hydrogen-bond donors (Lipinski definition) is 1. The molecule has 0 atom stereocenters. The molecule has 2 fully saturated rings. The molecule has 1 aliphatic heterocycles. The maximum Gasteiger partial charge on any atom is 0.416 e. The second-order valence-electron chi connectivity index (χ2n) is 10.3. The molecule has 5 nitrogen and oxygen atoms in total. The van der Waals surface area contributed by atoms with Crippen molar-refractivity contribution in [3.8, 4) is 0 Å². The van der Waals surface area contributed by atoms with E-state index in [-0.39, 0.29) is 18.4 Å². The number of carboxylic acid groups (broad SMARTS) is 1. The normalized spacial score (nSPS) is 19.1. The number of alkyl halides is 3. The lowest BCUT2D eigenvalue weighted by molar-refractivity contribution is -0.147. The highest BCUT2D eigenvalue weighted by Crippen LogP contribution is 2.41. The zero-order valence-electron chi connectivity index (χ0n) is 22.1. The van der Waals surface area contributed by atoms with Crippen molar-refractivity contribution in [3.05, 3.63) is 58.2 Å². The smallest absolute Gasteiger partial charge is 0.416 e. The van der Waals surface area contributed by atoms with E-state index in [4.69, 9.17) is 9.94 Å². The zero-order valence-corrected chi connectivity index (χ0v) is 22.1. The molecule has 204 valence electrons. The first kappa shape index (κ1) is 29.0. The molecule has 1 aromatic carbocycles. The number of carbonyl (C=O) groups is 1. The third-order valence-electron chi connectivity index (χ3n) is 7.43. The number of halogens is 3. The van der Waals surface area contributed by atoms with Crippen LogP contribution in [-0.4, -0.2) is 41.3 Å². The van der Waals surface area contributed by atoms with E-state index >= 15 is 0 Å². The molecule has 0 bridgehead atoms. The Morgan fingerprint density at radius 3 is 2.51 bits per heavy atom. The molecule has 1 aliphatic carbocycles. The number of likely N-dealkylation sites (tertiary alicyclic amines) is 1. The Balaban J connectivity index is 1.55. The Labute approximate surface area is 218 Å². The number of oxime groups is 1. The molecule has 0 radical (unpaired) electrons. The van der Waals surface area contributed by atoms with E-state index in [0.717, 1.165) is 49.8 Å². The van der Waals surface area contributed by atoms with Crippen molar-refractivity contribution >= 4 is 11.7 Å². The summed E-state index contributed by atoms with van der Waals surface area (Å²) in [4.78, 5) is 18.6. The molecule has 0 amide bonds. The molecule has 1 saturated carbocycles. The minimum atomic E-state index is -4.39. The molecule has 8 heteroatoms. The van der Waals surface area contributed by atoms with E-state index in [2.05, 4.69) is 23.9 Å². The van der Waals surface area contributed by atoms with Crippen LogP contribution >= 0.6 is 0 Å². The minimum Gasteiger partial charge on any atom is -0.481 e. The quantitative estimate of drug-likeness (QED) is 0.188. The Morgan fingerprint density at radius 2 is 1.89 bits per heavy atom. The maximum atomic E-state index is 13.8. The van der Waals surface area contributed by atoms with Gasteiger partial charge in [-0.15, -0.1) is 0 Å². The average molecular weight is 521 g/mol. The highest BCUT2D eigenvalue weighted by Gasteiger charge is 2.36. The van der Waals surface area contributed by atoms with Gasteiger partial charge in [-0.05, 0) is 61.8 Å². The lowest BCUT2D eigenvalue weighted by atomic mass is 9.81. The molecular weight excluding hydrogens is 481 g/mol. The first-order chi connectivity index (χ1) is 17.6. The summed E-state index contributed by atoms with van der Waals surface area (Å²) in [5, 5.41) is 13.2. The van der Waals surface area contributed by atoms with Gasteiger partial charge in [0.2, 0.25) is 0 Å². The molecule has 2 aliphatic rings. The summed E-state index contributed by atoms with van der Waals surface area (Å²) in [5.74, 6) is -1.05. The largest absolute Gasteiger partial charge is 0.481 e. The second kappa shape index (κ2) is 13.3. The average Bonchev–Trinajstić information content (AvgIpc) is 2.84. The summed E-state index contributed by atoms with van der Waals surface area (Å²) >= 11 is 0. The molecule has 1 aromatic rings. The van der Waals surface area contributed by atoms with Crippen molar-refractivity contribution in [1.82, 2.24) is 4.90 Å². The van der Waals surface area contributed by atoms with Gasteiger partial charge in [-0.1, -0.05) is 61.2 Å². The van der Waals surface area contributed by atoms with Crippen LogP contribution < -0.4 is 0 Å². The number of hydrogen-bond acceptors (Lipinski definition) is 4. The van der Waals surface area contributed by atoms with Gasteiger partial charge in [0.05, 0.1) is 17.2 Å². The molecule has 0 unspecified atom stereocenters. The first-order valence-corrected chi connectivity index (χ1v) is 13.2. The number of carboxylic acids is 1. The molecule has 0 spiro atoms. The predicted molar refractivity (Wildman–Crippen MR) is 139 cm³/mol. The summed E-state index contributed by atoms with van der Waals surface area (Å²) < 4.78 is 41.3. The van der Waals surface area contributed by atoms with Gasteiger partial charge in [0.25, 0.3) is 0 Å². The van der Waals surface area contributed by atoms with Crippen LogP contribution in [-0.2, 0) is 22.4 Å². The first-order valence-electron chi connectivity index (χ1n) is 13.2. The third-order valence-corrected chi connectivity index (χ3v) is 7.43. The summed E-state index contributed by atoms with van der Waals surface area (Å²) in [6, 6.07) is 4.56. The highest BCUT2D eigenvalue weighted by molar-refractivity contribution is 5.82. The van der Waals surface area contributed by atoms with E-state index in [1.54, 1.807) is 12.1 Å². The topological polar surface area (TPSA) is 62.1 Å². The zero-order chi connectivity index (χ0) is 27.0. The van der Waals surface area contributed by atoms with E-state index in [1.165, 1.54) is 11.6 Å². The third kappa shape index (κ3) is 8.45. The number of aliphatic carboxylic acids is 1. The van der Waals surface area contributed by atoms with Crippen LogP contribution in [0.1, 0.15) is 88.3 Å². The van der Waals surface area contributed by atoms with Crippen molar-refractivity contribution in [2.45, 2.75) is 84.4 Å². The Kier molecular flexibility index (Phi) is 10.4. The van der Waals surface area contributed by atoms with E-state index in [9.17, 15) is 18.0 Å². The van der Waals surface area contributed by atoms with Gasteiger partial charge in [-0.2, -0.15) is 13.2 Å². The molecule has 0 aromatic heterocycles. The fourth-order valence-electron chi connectivity index (χ4n) is 4.99. The number of benzene rings is 1. The van der Waals surface area contributed by atoms with Gasteiger partial charge in [0, 0.05) is 26.1 Å². The van der Waals surface area contributed by atoms with Crippen molar-refractivity contribution in [2.75, 3.05) is 19.6 Å². The van der Waals surface area contributed by atoms with Gasteiger partial charge in [-0.25, -0.2) is 0 Å². The van der Waals surface area contributed by atoms with Gasteiger partial charge >= 0.3 is 12.1 Å². The Hall–Kier alpha value is -2.61. The fourth-order valence-corrected chi connectivity index (χ4v) is 4.99. The van der Waals surface area contributed by atoms with Gasteiger partial charge in [0.15, 0.2) is 0 Å². The number of rotatable bonds is 11. The van der Waals surface area contributed by atoms with E-state index in [1.807, 2.05) is 19.1 Å². The number of nitrogens with zero attached hydrogens (tertiary/aromatic N) is 2. The van der Waals surface area contributed by atoms with Gasteiger partial charge in [-0.3, -0.25) is 9.69 Å². The van der Waals surface area contributed by atoms with Crippen molar-refractivity contribution in [2.24, 2.45) is 11.1 Å². The molecular formula is C29H39F3N2O3. The van der Waals surface area contributed by atoms with E-state index < -0.39 is 17.7 Å². The Bertz CT molecular complexity index is 1020. The van der Waals surface area contributed by atoms with Crippen LogP contribution in [0, 0.1) is 5.92 Å². The minimum absolute atomic E-state index is 0.0190. The van der Waals surface area contributed by atoms with Crippen LogP contribution in [0.5, 0.6) is 0 Å². The summed E-state index contributed by atoms with van der Waals surface area (Å²) in [5.41, 5.74) is 3.44. The Morgan fingerprint density at radius 1 is 1.19 bits per heavy atom. The van der Waals surface area contributed by atoms with Crippen LogP contribution in [0.4, 0.5) is 13.2 Å². The van der Waals surface area contributed by atoms with Gasteiger partial charge < -0.3 is 9.94 Å². The summed E-state index contributed by atoms with van der Waals surface area (Å²) in [7, 11) is 0. The van der Waals surface area contributed by atoms with Gasteiger partial charge in [0.1, 0.15) is 6.61 Å². The van der Waals surface area contributed by atoms with E-state index in [0.29, 0.717) is 37.2 Å². The molecule has 1 heterocycles. The number of allylic oxidation sites excluding steroid dienone is 2. The molecule has 1 saturated heterocycles. The standard InChI is InChI=1S/C29H39F3N2O3/c1-4-20(2)24(16-34-17-25(18-34)28(35)36)12-8-9-21(3)33-37-19-22-13-14-26(23-10-6-5-7-11-23)27(15-22)29(30,31)32/h8,12-15,23,25H,4-7,9-11,16-19H2,1-3H3,(H,35,36)/b12-8-,24-20-,33-21+. The predicted octanol–water partition coefficient (Wildman–Crippen LogP) is 7.33. The maximum absolute atomic E-state index is 13.8. The van der Waals surface area contributed by atoms with Crippen LogP contribution in [0.3, 0.4) is 0 Å². The lowest BCUT2D eigenvalue weighted by Crippen LogP contribution is -2.50. The second-order valence-corrected chi connectivity index (χ2v) is 10.3. The summed E-state index contributed by atoms with van der Waals surface area (Å²) in [6.45, 7) is 7.81. The van der Waals surface area contributed by atoms with Crippen LogP contribution in [0.15, 0.2) is 46.7 Å². The van der Waals surface area contributed by atoms with Crippen molar-refractivity contribution < 1.29 is 27.9 Å². The van der Waals surface area contributed by atoms with Crippen LogP contribution in [0.2, 0.25) is 0 Å². The molecule has 1 N–H and O–H groups in total. The lowest BCUT2D eigenvalue weighted by Gasteiger charge is -2.37. The monoisotopic (exact) mass is 520 g/mol. The SMILES string of the molecule is CC/C(C)=C(/C=C\C/C(C)=N/OCc1ccc(C2CCCCC2)c(C(F)(F)F)c1)CN1CC(C(=O)O)C1. The highest BCUT2D eigenvalue weighted by atomic mass is 19.4. The van der Waals surface area contributed by atoms with Crippen molar-refractivity contribution in [3.63, 3.8) is 0 Å². The fraction of sp³-hybridized carbons (Fsp3) is 0.586.